The lowest BCUT2D eigenvalue weighted by Crippen LogP contribution is -2.49. The molecule has 2 aliphatic heterocycles. The van der Waals surface area contributed by atoms with Gasteiger partial charge < -0.3 is 14.5 Å². The quantitative estimate of drug-likeness (QED) is 0.267. The van der Waals surface area contributed by atoms with Gasteiger partial charge in [-0.05, 0) is 36.3 Å². The van der Waals surface area contributed by atoms with E-state index >= 15 is 0 Å². The molecule has 0 bridgehead atoms. The zero-order chi connectivity index (χ0) is 29.5. The number of thioether (sulfide) groups is 1. The number of carbonyl (C=O) groups excluding carboxylic acids is 1. The number of benzene rings is 2. The summed E-state index contributed by atoms with van der Waals surface area (Å²) in [6, 6.07) is 4.46. The molecule has 0 radical (unpaired) electrons. The molecule has 41 heavy (non-hydrogen) atoms. The first kappa shape index (κ1) is 29.4. The lowest BCUT2D eigenvalue weighted by atomic mass is 9.96. The molecule has 5 rings (SSSR count). The van der Waals surface area contributed by atoms with Crippen LogP contribution in [0.15, 0.2) is 46.6 Å². The molecular weight excluding hydrogens is 584 g/mol. The number of piperazine rings is 1. The van der Waals surface area contributed by atoms with Crippen molar-refractivity contribution in [2.75, 3.05) is 43.4 Å². The average molecular weight is 611 g/mol. The van der Waals surface area contributed by atoms with Gasteiger partial charge in [0.15, 0.2) is 0 Å². The summed E-state index contributed by atoms with van der Waals surface area (Å²) in [6.07, 6.45) is -3.31. The Morgan fingerprint density at radius 3 is 2.61 bits per heavy atom. The number of hydrogen-bond acceptors (Lipinski definition) is 6. The van der Waals surface area contributed by atoms with Crippen molar-refractivity contribution in [1.29, 1.82) is 0 Å². The first-order valence-electron chi connectivity index (χ1n) is 13.1. The maximum atomic E-state index is 14.8. The van der Waals surface area contributed by atoms with Gasteiger partial charge in [-0.3, -0.25) is 9.36 Å². The molecule has 13 heteroatoms. The zero-order valence-corrected chi connectivity index (χ0v) is 23.7. The highest BCUT2D eigenvalue weighted by Crippen LogP contribution is 2.48. The van der Waals surface area contributed by atoms with E-state index < -0.39 is 29.4 Å². The van der Waals surface area contributed by atoms with Crippen LogP contribution in [-0.4, -0.2) is 65.0 Å². The van der Waals surface area contributed by atoms with Crippen LogP contribution in [0.25, 0.3) is 22.0 Å². The van der Waals surface area contributed by atoms with Crippen molar-refractivity contribution in [3.05, 3.63) is 63.8 Å². The first-order chi connectivity index (χ1) is 19.5. The summed E-state index contributed by atoms with van der Waals surface area (Å²) in [5.74, 6) is -0.593. The number of alkyl halides is 3. The maximum Gasteiger partial charge on any atom is 0.417 e. The van der Waals surface area contributed by atoms with E-state index in [0.29, 0.717) is 25.2 Å². The smallest absolute Gasteiger partial charge is 0.375 e. The molecule has 1 aromatic heterocycles. The van der Waals surface area contributed by atoms with Gasteiger partial charge in [-0.2, -0.15) is 18.2 Å². The molecule has 0 spiro atoms. The lowest BCUT2D eigenvalue weighted by Gasteiger charge is -2.35. The van der Waals surface area contributed by atoms with Crippen LogP contribution in [0.4, 0.5) is 23.4 Å². The number of anilines is 1. The highest BCUT2D eigenvalue weighted by atomic mass is 35.5. The number of rotatable bonds is 6. The van der Waals surface area contributed by atoms with Gasteiger partial charge in [0.25, 0.3) is 0 Å². The average Bonchev–Trinajstić information content (AvgIpc) is 3.15. The fraction of sp³-hybridized carbons (Fsp3) is 0.393. The van der Waals surface area contributed by atoms with Crippen molar-refractivity contribution in [1.82, 2.24) is 14.5 Å². The fourth-order valence-electron chi connectivity index (χ4n) is 5.19. The Hall–Kier alpha value is -3.09. The SMILES string of the molecule is C=CC(=O)N1CCN(c2nc(=O)n3c4c(c(-c5ccc(F)c(Cl)c5)c(C(F)(F)F)cc24)SCC(OCCC)C3)CC1. The van der Waals surface area contributed by atoms with E-state index in [4.69, 9.17) is 16.3 Å². The standard InChI is InChI=1S/C28H27ClF4N4O3S/c1-3-11-40-17-14-37-24-18(26(34-27(37)39)36-9-7-35(8-10-36)22(38)4-2)13-19(28(31,32)33)23(25(24)41-15-17)16-5-6-21(30)20(29)12-16/h4-6,12-13,17H,2-3,7-11,14-15H2,1H3. The van der Waals surface area contributed by atoms with Crippen molar-refractivity contribution in [2.24, 2.45) is 0 Å². The summed E-state index contributed by atoms with van der Waals surface area (Å²) in [5, 5.41) is -0.151. The third-order valence-corrected chi connectivity index (χ3v) is 8.65. The Kier molecular flexibility index (Phi) is 8.36. The second kappa shape index (κ2) is 11.7. The van der Waals surface area contributed by atoms with Gasteiger partial charge in [0.05, 0.1) is 28.8 Å². The predicted molar refractivity (Wildman–Crippen MR) is 151 cm³/mol. The maximum absolute atomic E-state index is 14.8. The predicted octanol–water partition coefficient (Wildman–Crippen LogP) is 5.61. The van der Waals surface area contributed by atoms with Crippen molar-refractivity contribution >= 4 is 46.0 Å². The lowest BCUT2D eigenvalue weighted by molar-refractivity contribution is -0.137. The van der Waals surface area contributed by atoms with Crippen LogP contribution in [0.5, 0.6) is 0 Å². The molecule has 0 aliphatic carbocycles. The molecule has 2 aliphatic rings. The van der Waals surface area contributed by atoms with E-state index in [1.54, 1.807) is 9.80 Å². The number of ether oxygens (including phenoxy) is 1. The molecule has 3 aromatic rings. The fourth-order valence-corrected chi connectivity index (χ4v) is 6.66. The highest BCUT2D eigenvalue weighted by Gasteiger charge is 2.39. The minimum atomic E-state index is -4.79. The van der Waals surface area contributed by atoms with E-state index in [1.165, 1.54) is 22.8 Å². The van der Waals surface area contributed by atoms with Gasteiger partial charge in [-0.25, -0.2) is 9.18 Å². The molecule has 1 unspecified atom stereocenters. The van der Waals surface area contributed by atoms with Gasteiger partial charge in [-0.1, -0.05) is 31.2 Å². The topological polar surface area (TPSA) is 67.7 Å². The van der Waals surface area contributed by atoms with Gasteiger partial charge in [0.2, 0.25) is 5.91 Å². The molecule has 0 N–H and O–H groups in total. The summed E-state index contributed by atoms with van der Waals surface area (Å²) in [6.45, 7) is 7.10. The zero-order valence-electron chi connectivity index (χ0n) is 22.1. The van der Waals surface area contributed by atoms with Gasteiger partial charge in [0, 0.05) is 54.4 Å². The van der Waals surface area contributed by atoms with Crippen LogP contribution in [0, 0.1) is 5.82 Å². The van der Waals surface area contributed by atoms with Crippen molar-refractivity contribution in [3.63, 3.8) is 0 Å². The Morgan fingerprint density at radius 2 is 1.98 bits per heavy atom. The minimum Gasteiger partial charge on any atom is -0.375 e. The minimum absolute atomic E-state index is 0.0787. The van der Waals surface area contributed by atoms with Gasteiger partial charge >= 0.3 is 11.9 Å². The van der Waals surface area contributed by atoms with Crippen LogP contribution in [0.1, 0.15) is 18.9 Å². The van der Waals surface area contributed by atoms with Crippen LogP contribution in [0.3, 0.4) is 0 Å². The second-order valence-corrected chi connectivity index (χ2v) is 11.2. The number of halogens is 5. The van der Waals surface area contributed by atoms with E-state index in [-0.39, 0.29) is 63.5 Å². The van der Waals surface area contributed by atoms with Crippen molar-refractivity contribution in [2.45, 2.75) is 37.1 Å². The van der Waals surface area contributed by atoms with Crippen LogP contribution >= 0.6 is 23.4 Å². The Morgan fingerprint density at radius 1 is 1.24 bits per heavy atom. The number of amides is 1. The largest absolute Gasteiger partial charge is 0.417 e. The van der Waals surface area contributed by atoms with Crippen molar-refractivity contribution < 1.29 is 27.1 Å². The normalized spacial score (nSPS) is 17.6. The highest BCUT2D eigenvalue weighted by molar-refractivity contribution is 7.99. The summed E-state index contributed by atoms with van der Waals surface area (Å²) in [4.78, 5) is 33.4. The molecule has 218 valence electrons. The number of carbonyl (C=O) groups is 1. The van der Waals surface area contributed by atoms with Crippen molar-refractivity contribution in [3.8, 4) is 11.1 Å². The van der Waals surface area contributed by atoms with Crippen LogP contribution in [-0.2, 0) is 22.3 Å². The summed E-state index contributed by atoms with van der Waals surface area (Å²) < 4.78 is 65.6. The molecule has 2 aromatic carbocycles. The number of nitrogens with zero attached hydrogens (tertiary/aromatic N) is 4. The molecular formula is C28H27ClF4N4O3S. The Balaban J connectivity index is 1.77. The Bertz CT molecular complexity index is 1570. The summed E-state index contributed by atoms with van der Waals surface area (Å²) in [7, 11) is 0. The van der Waals surface area contributed by atoms with Crippen LogP contribution in [0.2, 0.25) is 5.02 Å². The van der Waals surface area contributed by atoms with Gasteiger partial charge in [0.1, 0.15) is 11.6 Å². The molecule has 1 atom stereocenters. The first-order valence-corrected chi connectivity index (χ1v) is 14.4. The van der Waals surface area contributed by atoms with E-state index in [2.05, 4.69) is 11.6 Å². The molecule has 3 heterocycles. The third kappa shape index (κ3) is 5.69. The third-order valence-electron chi connectivity index (χ3n) is 7.14. The number of aromatic nitrogens is 2. The molecule has 7 nitrogen and oxygen atoms in total. The van der Waals surface area contributed by atoms with Gasteiger partial charge in [-0.15, -0.1) is 11.8 Å². The van der Waals surface area contributed by atoms with E-state index in [1.807, 2.05) is 6.92 Å². The molecule has 0 saturated carbocycles. The summed E-state index contributed by atoms with van der Waals surface area (Å²) in [5.41, 5.74) is -1.36. The monoisotopic (exact) mass is 610 g/mol. The van der Waals surface area contributed by atoms with Crippen LogP contribution < -0.4 is 10.6 Å². The number of hydrogen-bond donors (Lipinski definition) is 0. The van der Waals surface area contributed by atoms with E-state index in [0.717, 1.165) is 30.3 Å². The summed E-state index contributed by atoms with van der Waals surface area (Å²) >= 11 is 7.17. The molecule has 1 saturated heterocycles. The molecule has 1 amide bonds. The Labute approximate surface area is 242 Å². The molecule has 1 fully saturated rings. The van der Waals surface area contributed by atoms with E-state index in [9.17, 15) is 27.2 Å². The second-order valence-electron chi connectivity index (χ2n) is 9.80.